The molecule has 56 heavy (non-hydrogen) atoms. The van der Waals surface area contributed by atoms with Crippen LogP contribution in [0.2, 0.25) is 0 Å². The largest absolute Gasteiger partial charge is 0.309 e. The summed E-state index contributed by atoms with van der Waals surface area (Å²) in [5.41, 5.74) is 14.9. The second kappa shape index (κ2) is 13.0. The van der Waals surface area contributed by atoms with Crippen LogP contribution in [-0.4, -0.2) is 24.1 Å². The molecule has 4 heterocycles. The minimum atomic E-state index is 0.703. The van der Waals surface area contributed by atoms with Gasteiger partial charge >= 0.3 is 0 Å². The fraction of sp³-hybridized carbons (Fsp3) is 0. The van der Waals surface area contributed by atoms with Crippen LogP contribution < -0.4 is 0 Å². The maximum Gasteiger partial charge on any atom is 0.160 e. The van der Waals surface area contributed by atoms with E-state index in [9.17, 15) is 0 Å². The average molecular weight is 716 g/mol. The number of pyridine rings is 1. The van der Waals surface area contributed by atoms with Crippen LogP contribution in [0.25, 0.3) is 100 Å². The number of rotatable bonds is 6. The molecule has 0 saturated carbocycles. The lowest BCUT2D eigenvalue weighted by Gasteiger charge is -2.12. The molecule has 0 aliphatic rings. The van der Waals surface area contributed by atoms with E-state index < -0.39 is 0 Å². The van der Waals surface area contributed by atoms with E-state index in [-0.39, 0.29) is 0 Å². The third-order valence-corrected chi connectivity index (χ3v) is 10.8. The van der Waals surface area contributed by atoms with E-state index in [1.807, 2.05) is 48.7 Å². The fourth-order valence-corrected chi connectivity index (χ4v) is 8.24. The van der Waals surface area contributed by atoms with Crippen molar-refractivity contribution in [2.75, 3.05) is 0 Å². The maximum atomic E-state index is 5.07. The van der Waals surface area contributed by atoms with Gasteiger partial charge in [-0.3, -0.25) is 4.98 Å². The fourth-order valence-electron chi connectivity index (χ4n) is 8.24. The van der Waals surface area contributed by atoms with Crippen molar-refractivity contribution in [2.24, 2.45) is 0 Å². The SMILES string of the molecule is c1ccc(-c2cc(-c3ccc(-n4c5cc(-c6cccc7c6c6ccccc6n7-c6ccccc6)ccc5c5ncccc54)cc3)nc(-c3ccccc3)n2)cc1. The Balaban J connectivity index is 1.07. The summed E-state index contributed by atoms with van der Waals surface area (Å²) < 4.78 is 4.71. The second-order valence-corrected chi connectivity index (χ2v) is 14.1. The molecule has 5 heteroatoms. The van der Waals surface area contributed by atoms with Gasteiger partial charge in [-0.25, -0.2) is 9.97 Å². The zero-order valence-corrected chi connectivity index (χ0v) is 30.3. The Morgan fingerprint density at radius 2 is 0.946 bits per heavy atom. The molecule has 0 atom stereocenters. The topological polar surface area (TPSA) is 48.5 Å². The summed E-state index contributed by atoms with van der Waals surface area (Å²) in [5.74, 6) is 0.703. The minimum Gasteiger partial charge on any atom is -0.309 e. The van der Waals surface area contributed by atoms with Gasteiger partial charge in [0.15, 0.2) is 5.82 Å². The smallest absolute Gasteiger partial charge is 0.160 e. The van der Waals surface area contributed by atoms with E-state index in [0.29, 0.717) is 5.82 Å². The Morgan fingerprint density at radius 3 is 1.71 bits per heavy atom. The van der Waals surface area contributed by atoms with Gasteiger partial charge in [0.25, 0.3) is 0 Å². The zero-order chi connectivity index (χ0) is 37.0. The van der Waals surface area contributed by atoms with Crippen molar-refractivity contribution in [1.82, 2.24) is 24.1 Å². The van der Waals surface area contributed by atoms with Crippen molar-refractivity contribution >= 4 is 43.7 Å². The zero-order valence-electron chi connectivity index (χ0n) is 30.3. The van der Waals surface area contributed by atoms with Crippen molar-refractivity contribution in [2.45, 2.75) is 0 Å². The van der Waals surface area contributed by atoms with E-state index in [1.54, 1.807) is 0 Å². The van der Waals surface area contributed by atoms with E-state index in [4.69, 9.17) is 15.0 Å². The average Bonchev–Trinajstić information content (AvgIpc) is 3.80. The highest BCUT2D eigenvalue weighted by atomic mass is 15.0. The lowest BCUT2D eigenvalue weighted by molar-refractivity contribution is 1.17. The molecule has 0 saturated heterocycles. The Morgan fingerprint density at radius 1 is 0.357 bits per heavy atom. The van der Waals surface area contributed by atoms with Gasteiger partial charge in [0, 0.05) is 50.4 Å². The van der Waals surface area contributed by atoms with Gasteiger partial charge in [0.2, 0.25) is 0 Å². The van der Waals surface area contributed by atoms with Crippen LogP contribution in [0.5, 0.6) is 0 Å². The summed E-state index contributed by atoms with van der Waals surface area (Å²) in [6, 6.07) is 68.3. The van der Waals surface area contributed by atoms with Gasteiger partial charge in [-0.15, -0.1) is 0 Å². The van der Waals surface area contributed by atoms with Crippen LogP contribution in [0.15, 0.2) is 200 Å². The van der Waals surface area contributed by atoms with Crippen LogP contribution in [0.3, 0.4) is 0 Å². The highest BCUT2D eigenvalue weighted by Crippen LogP contribution is 2.41. The Kier molecular flexibility index (Phi) is 7.42. The maximum absolute atomic E-state index is 5.07. The summed E-state index contributed by atoms with van der Waals surface area (Å²) in [4.78, 5) is 14.9. The van der Waals surface area contributed by atoms with Gasteiger partial charge in [0.05, 0.1) is 39.0 Å². The summed E-state index contributed by atoms with van der Waals surface area (Å²) in [6.07, 6.45) is 1.88. The van der Waals surface area contributed by atoms with Crippen molar-refractivity contribution in [3.05, 3.63) is 200 Å². The molecule has 0 spiro atoms. The lowest BCUT2D eigenvalue weighted by atomic mass is 9.98. The Bertz CT molecular complexity index is 3160. The molecule has 4 aromatic heterocycles. The van der Waals surface area contributed by atoms with Crippen molar-refractivity contribution < 1.29 is 0 Å². The number of hydrogen-bond acceptors (Lipinski definition) is 3. The normalized spacial score (nSPS) is 11.6. The third kappa shape index (κ3) is 5.21. The molecule has 0 N–H and O–H groups in total. The molecule has 7 aromatic carbocycles. The molecule has 5 nitrogen and oxygen atoms in total. The summed E-state index contributed by atoms with van der Waals surface area (Å²) in [5, 5.41) is 3.59. The van der Waals surface area contributed by atoms with Crippen molar-refractivity contribution in [3.8, 4) is 56.4 Å². The first-order valence-electron chi connectivity index (χ1n) is 18.9. The quantitative estimate of drug-likeness (QED) is 0.172. The second-order valence-electron chi connectivity index (χ2n) is 14.1. The van der Waals surface area contributed by atoms with Crippen LogP contribution in [0.1, 0.15) is 0 Å². The molecule has 262 valence electrons. The number of nitrogens with zero attached hydrogens (tertiary/aromatic N) is 5. The van der Waals surface area contributed by atoms with Crippen molar-refractivity contribution in [3.63, 3.8) is 0 Å². The molecule has 11 aromatic rings. The van der Waals surface area contributed by atoms with Gasteiger partial charge in [-0.1, -0.05) is 127 Å². The highest BCUT2D eigenvalue weighted by molar-refractivity contribution is 6.17. The van der Waals surface area contributed by atoms with Crippen LogP contribution >= 0.6 is 0 Å². The van der Waals surface area contributed by atoms with Crippen LogP contribution in [0.4, 0.5) is 0 Å². The first-order chi connectivity index (χ1) is 27.8. The Hall–Kier alpha value is -7.63. The van der Waals surface area contributed by atoms with E-state index in [2.05, 4.69) is 161 Å². The molecule has 0 aliphatic carbocycles. The molecule has 0 unspecified atom stereocenters. The van der Waals surface area contributed by atoms with E-state index in [0.717, 1.165) is 67.0 Å². The molecule has 0 radical (unpaired) electrons. The van der Waals surface area contributed by atoms with Gasteiger partial charge in [-0.05, 0) is 77.9 Å². The molecule has 0 fully saturated rings. The summed E-state index contributed by atoms with van der Waals surface area (Å²) >= 11 is 0. The lowest BCUT2D eigenvalue weighted by Crippen LogP contribution is -1.97. The highest BCUT2D eigenvalue weighted by Gasteiger charge is 2.19. The molecule has 0 amide bonds. The molecular formula is C51H33N5. The van der Waals surface area contributed by atoms with Gasteiger partial charge < -0.3 is 9.13 Å². The van der Waals surface area contributed by atoms with Crippen LogP contribution in [0, 0.1) is 0 Å². The molecule has 0 bridgehead atoms. The first-order valence-corrected chi connectivity index (χ1v) is 18.9. The standard InChI is InChI=1S/C51H33N5/c1-4-14-34(15-5-1)43-33-44(54-51(53-43)36-16-6-2-7-17-36)35-25-28-39(29-26-35)56-47-24-13-31-52-50(47)42-30-27-37(32-48(42)56)40-21-12-23-46-49(40)41-20-10-11-22-45(41)55(46)38-18-8-3-9-19-38/h1-33H. The number of aromatic nitrogens is 5. The minimum absolute atomic E-state index is 0.703. The molecule has 11 rings (SSSR count). The molecular weight excluding hydrogens is 683 g/mol. The van der Waals surface area contributed by atoms with Crippen molar-refractivity contribution in [1.29, 1.82) is 0 Å². The third-order valence-electron chi connectivity index (χ3n) is 10.8. The monoisotopic (exact) mass is 715 g/mol. The Labute approximate surface area is 323 Å². The van der Waals surface area contributed by atoms with E-state index >= 15 is 0 Å². The number of fused-ring (bicyclic) bond motifs is 6. The number of para-hydroxylation sites is 2. The predicted octanol–water partition coefficient (Wildman–Crippen LogP) is 12.7. The van der Waals surface area contributed by atoms with Gasteiger partial charge in [0.1, 0.15) is 0 Å². The van der Waals surface area contributed by atoms with Crippen LogP contribution in [-0.2, 0) is 0 Å². The predicted molar refractivity (Wildman–Crippen MR) is 230 cm³/mol. The summed E-state index contributed by atoms with van der Waals surface area (Å²) in [7, 11) is 0. The number of hydrogen-bond donors (Lipinski definition) is 0. The van der Waals surface area contributed by atoms with E-state index in [1.165, 1.54) is 27.4 Å². The first kappa shape index (κ1) is 31.9. The molecule has 0 aliphatic heterocycles. The summed E-state index contributed by atoms with van der Waals surface area (Å²) in [6.45, 7) is 0. The van der Waals surface area contributed by atoms with Gasteiger partial charge in [-0.2, -0.15) is 0 Å². The number of benzene rings is 7.